The summed E-state index contributed by atoms with van der Waals surface area (Å²) in [7, 11) is 0. The average molecular weight is 267 g/mol. The molecule has 2 aromatic rings. The van der Waals surface area contributed by atoms with Gasteiger partial charge in [0.2, 0.25) is 0 Å². The Hall–Kier alpha value is -1.76. The summed E-state index contributed by atoms with van der Waals surface area (Å²) in [6.07, 6.45) is 1.07. The minimum absolute atomic E-state index is 0.894. The Kier molecular flexibility index (Phi) is 4.49. The number of aryl methyl sites for hydroxylation is 5. The first-order valence-corrected chi connectivity index (χ1v) is 7.42. The van der Waals surface area contributed by atoms with E-state index in [4.69, 9.17) is 0 Å². The van der Waals surface area contributed by atoms with Gasteiger partial charge in [-0.25, -0.2) is 0 Å². The number of anilines is 1. The van der Waals surface area contributed by atoms with E-state index in [0.717, 1.165) is 13.0 Å². The Morgan fingerprint density at radius 2 is 1.50 bits per heavy atom. The van der Waals surface area contributed by atoms with Gasteiger partial charge < -0.3 is 5.32 Å². The Morgan fingerprint density at radius 3 is 2.20 bits per heavy atom. The molecule has 0 saturated heterocycles. The molecule has 2 rings (SSSR count). The summed E-state index contributed by atoms with van der Waals surface area (Å²) < 4.78 is 0. The highest BCUT2D eigenvalue weighted by Crippen LogP contribution is 2.23. The van der Waals surface area contributed by atoms with E-state index >= 15 is 0 Å². The largest absolute Gasteiger partial charge is 0.381 e. The molecule has 0 spiro atoms. The Morgan fingerprint density at radius 1 is 0.800 bits per heavy atom. The second-order valence-corrected chi connectivity index (χ2v) is 5.68. The normalized spacial score (nSPS) is 10.7. The molecule has 0 heterocycles. The van der Waals surface area contributed by atoms with Crippen molar-refractivity contribution in [3.8, 4) is 0 Å². The minimum Gasteiger partial charge on any atom is -0.381 e. The van der Waals surface area contributed by atoms with E-state index < -0.39 is 0 Å². The van der Waals surface area contributed by atoms with Gasteiger partial charge in [-0.15, -0.1) is 0 Å². The van der Waals surface area contributed by atoms with Crippen LogP contribution in [-0.4, -0.2) is 0 Å². The summed E-state index contributed by atoms with van der Waals surface area (Å²) in [5.74, 6) is 0. The van der Waals surface area contributed by atoms with Gasteiger partial charge in [0.15, 0.2) is 0 Å². The number of para-hydroxylation sites is 1. The van der Waals surface area contributed by atoms with Crippen molar-refractivity contribution < 1.29 is 0 Å². The van der Waals surface area contributed by atoms with Crippen molar-refractivity contribution in [2.24, 2.45) is 0 Å². The molecule has 0 aliphatic heterocycles. The van der Waals surface area contributed by atoms with Gasteiger partial charge in [-0.05, 0) is 67.5 Å². The monoisotopic (exact) mass is 267 g/mol. The minimum atomic E-state index is 0.894. The Labute approximate surface area is 123 Å². The second kappa shape index (κ2) is 6.13. The van der Waals surface area contributed by atoms with Crippen LogP contribution in [-0.2, 0) is 13.0 Å². The summed E-state index contributed by atoms with van der Waals surface area (Å²) >= 11 is 0. The fourth-order valence-corrected chi connectivity index (χ4v) is 2.67. The van der Waals surface area contributed by atoms with Crippen LogP contribution >= 0.6 is 0 Å². The molecule has 0 bridgehead atoms. The highest BCUT2D eigenvalue weighted by molar-refractivity contribution is 5.57. The molecule has 0 unspecified atom stereocenters. The number of rotatable bonds is 4. The summed E-state index contributed by atoms with van der Waals surface area (Å²) in [6, 6.07) is 11.1. The van der Waals surface area contributed by atoms with Crippen molar-refractivity contribution in [1.29, 1.82) is 0 Å². The third-order valence-electron chi connectivity index (χ3n) is 4.15. The first-order chi connectivity index (χ1) is 9.52. The van der Waals surface area contributed by atoms with Crippen molar-refractivity contribution >= 4 is 5.69 Å². The Bertz CT molecular complexity index is 611. The van der Waals surface area contributed by atoms with E-state index in [0.29, 0.717) is 0 Å². The third-order valence-corrected chi connectivity index (χ3v) is 4.15. The number of hydrogen-bond acceptors (Lipinski definition) is 1. The van der Waals surface area contributed by atoms with E-state index in [1.807, 2.05) is 0 Å². The number of hydrogen-bond donors (Lipinski definition) is 1. The maximum atomic E-state index is 3.64. The third kappa shape index (κ3) is 3.04. The summed E-state index contributed by atoms with van der Waals surface area (Å²) in [5, 5.41) is 3.64. The van der Waals surface area contributed by atoms with Crippen LogP contribution in [0.5, 0.6) is 0 Å². The van der Waals surface area contributed by atoms with Crippen molar-refractivity contribution in [2.75, 3.05) is 5.32 Å². The van der Waals surface area contributed by atoms with Gasteiger partial charge in [0, 0.05) is 12.2 Å². The lowest BCUT2D eigenvalue weighted by Gasteiger charge is -2.16. The molecule has 0 saturated carbocycles. The fourth-order valence-electron chi connectivity index (χ4n) is 2.67. The highest BCUT2D eigenvalue weighted by atomic mass is 14.9. The predicted molar refractivity (Wildman–Crippen MR) is 88.5 cm³/mol. The van der Waals surface area contributed by atoms with Crippen LogP contribution in [0, 0.1) is 27.7 Å². The standard InChI is InChI=1S/C19H25N/c1-6-17-9-7-8-13(2)19(17)20-12-18-11-15(4)14(3)10-16(18)5/h7-11,20H,6,12H2,1-5H3. The van der Waals surface area contributed by atoms with E-state index in [1.165, 1.54) is 39.1 Å². The van der Waals surface area contributed by atoms with Crippen molar-refractivity contribution in [3.63, 3.8) is 0 Å². The van der Waals surface area contributed by atoms with Crippen LogP contribution < -0.4 is 5.32 Å². The molecule has 1 heteroatoms. The van der Waals surface area contributed by atoms with Gasteiger partial charge in [-0.2, -0.15) is 0 Å². The molecule has 20 heavy (non-hydrogen) atoms. The smallest absolute Gasteiger partial charge is 0.0404 e. The first-order valence-electron chi connectivity index (χ1n) is 7.42. The first kappa shape index (κ1) is 14.6. The summed E-state index contributed by atoms with van der Waals surface area (Å²) in [5.41, 5.74) is 9.51. The van der Waals surface area contributed by atoms with Crippen molar-refractivity contribution in [1.82, 2.24) is 0 Å². The Balaban J connectivity index is 2.23. The maximum Gasteiger partial charge on any atom is 0.0404 e. The van der Waals surface area contributed by atoms with Gasteiger partial charge in [-0.3, -0.25) is 0 Å². The molecule has 1 nitrogen and oxygen atoms in total. The van der Waals surface area contributed by atoms with E-state index in [1.54, 1.807) is 0 Å². The van der Waals surface area contributed by atoms with Gasteiger partial charge in [0.1, 0.15) is 0 Å². The second-order valence-electron chi connectivity index (χ2n) is 5.68. The zero-order valence-corrected chi connectivity index (χ0v) is 13.3. The summed E-state index contributed by atoms with van der Waals surface area (Å²) in [6.45, 7) is 11.8. The molecular formula is C19H25N. The fraction of sp³-hybridized carbons (Fsp3) is 0.368. The van der Waals surface area contributed by atoms with E-state index in [-0.39, 0.29) is 0 Å². The van der Waals surface area contributed by atoms with Crippen LogP contribution in [0.1, 0.15) is 40.3 Å². The van der Waals surface area contributed by atoms with Gasteiger partial charge >= 0.3 is 0 Å². The zero-order chi connectivity index (χ0) is 14.7. The molecule has 0 fully saturated rings. The molecule has 0 radical (unpaired) electrons. The maximum absolute atomic E-state index is 3.64. The molecule has 0 aliphatic rings. The lowest BCUT2D eigenvalue weighted by molar-refractivity contribution is 1.06. The SMILES string of the molecule is CCc1cccc(C)c1NCc1cc(C)c(C)cc1C. The van der Waals surface area contributed by atoms with Crippen LogP contribution in [0.4, 0.5) is 5.69 Å². The van der Waals surface area contributed by atoms with Gasteiger partial charge in [0.05, 0.1) is 0 Å². The molecule has 0 aliphatic carbocycles. The highest BCUT2D eigenvalue weighted by Gasteiger charge is 2.06. The number of benzene rings is 2. The van der Waals surface area contributed by atoms with Gasteiger partial charge in [-0.1, -0.05) is 37.3 Å². The molecule has 1 N–H and O–H groups in total. The van der Waals surface area contributed by atoms with Crippen LogP contribution in [0.25, 0.3) is 0 Å². The molecular weight excluding hydrogens is 242 g/mol. The van der Waals surface area contributed by atoms with Crippen LogP contribution in [0.15, 0.2) is 30.3 Å². The van der Waals surface area contributed by atoms with Crippen LogP contribution in [0.2, 0.25) is 0 Å². The topological polar surface area (TPSA) is 12.0 Å². The van der Waals surface area contributed by atoms with Crippen LogP contribution in [0.3, 0.4) is 0 Å². The lowest BCUT2D eigenvalue weighted by atomic mass is 10.00. The quantitative estimate of drug-likeness (QED) is 0.813. The molecule has 2 aromatic carbocycles. The molecule has 0 amide bonds. The number of nitrogens with one attached hydrogen (secondary N) is 1. The van der Waals surface area contributed by atoms with Crippen molar-refractivity contribution in [2.45, 2.75) is 47.6 Å². The van der Waals surface area contributed by atoms with Crippen molar-refractivity contribution in [3.05, 3.63) is 63.7 Å². The van der Waals surface area contributed by atoms with E-state index in [9.17, 15) is 0 Å². The molecule has 0 aromatic heterocycles. The summed E-state index contributed by atoms with van der Waals surface area (Å²) in [4.78, 5) is 0. The van der Waals surface area contributed by atoms with E-state index in [2.05, 4.69) is 70.3 Å². The molecule has 0 atom stereocenters. The van der Waals surface area contributed by atoms with Gasteiger partial charge in [0.25, 0.3) is 0 Å². The predicted octanol–water partition coefficient (Wildman–Crippen LogP) is 5.09. The zero-order valence-electron chi connectivity index (χ0n) is 13.3. The lowest BCUT2D eigenvalue weighted by Crippen LogP contribution is -2.06. The average Bonchev–Trinajstić information content (AvgIpc) is 2.42. The molecule has 106 valence electrons.